The lowest BCUT2D eigenvalue weighted by molar-refractivity contribution is 0.0927. The van der Waals surface area contributed by atoms with Gasteiger partial charge in [-0.15, -0.1) is 0 Å². The van der Waals surface area contributed by atoms with E-state index in [2.05, 4.69) is 20.4 Å². The minimum atomic E-state index is -0.181. The Kier molecular flexibility index (Phi) is 3.22. The molecule has 0 unspecified atom stereocenters. The molecule has 1 atom stereocenters. The van der Waals surface area contributed by atoms with Crippen molar-refractivity contribution >= 4 is 5.91 Å². The fourth-order valence-electron chi connectivity index (χ4n) is 2.60. The molecule has 104 valence electrons. The average molecular weight is 271 g/mol. The van der Waals surface area contributed by atoms with Crippen molar-refractivity contribution in [3.63, 3.8) is 0 Å². The number of aromatic nitrogens is 4. The van der Waals surface area contributed by atoms with Crippen molar-refractivity contribution in [1.29, 1.82) is 0 Å². The van der Waals surface area contributed by atoms with E-state index in [1.165, 1.54) is 11.9 Å². The van der Waals surface area contributed by atoms with Gasteiger partial charge in [-0.2, -0.15) is 5.10 Å². The fourth-order valence-corrected chi connectivity index (χ4v) is 2.60. The molecule has 0 fully saturated rings. The van der Waals surface area contributed by atoms with E-state index in [-0.39, 0.29) is 11.9 Å². The zero-order valence-corrected chi connectivity index (χ0v) is 11.6. The minimum absolute atomic E-state index is 0.0167. The number of fused-ring (bicyclic) bond motifs is 1. The second kappa shape index (κ2) is 5.03. The highest BCUT2D eigenvalue weighted by molar-refractivity contribution is 5.92. The van der Waals surface area contributed by atoms with E-state index in [9.17, 15) is 4.79 Å². The van der Waals surface area contributed by atoms with Gasteiger partial charge in [0.1, 0.15) is 5.69 Å². The molecule has 3 rings (SSSR count). The molecule has 6 heteroatoms. The van der Waals surface area contributed by atoms with Gasteiger partial charge < -0.3 is 5.32 Å². The number of hydrogen-bond donors (Lipinski definition) is 1. The molecule has 1 aliphatic rings. The second-order valence-electron chi connectivity index (χ2n) is 5.13. The summed E-state index contributed by atoms with van der Waals surface area (Å²) in [6, 6.07) is 0.0167. The van der Waals surface area contributed by atoms with E-state index in [1.807, 2.05) is 24.9 Å². The Hall–Kier alpha value is -2.24. The number of nitrogens with one attached hydrogen (secondary N) is 1. The molecule has 0 bridgehead atoms. The lowest BCUT2D eigenvalue weighted by Gasteiger charge is -2.23. The van der Waals surface area contributed by atoms with Gasteiger partial charge >= 0.3 is 0 Å². The zero-order chi connectivity index (χ0) is 14.1. The predicted molar refractivity (Wildman–Crippen MR) is 73.1 cm³/mol. The summed E-state index contributed by atoms with van der Waals surface area (Å²) in [5.41, 5.74) is 3.48. The first-order valence-corrected chi connectivity index (χ1v) is 6.75. The van der Waals surface area contributed by atoms with Crippen LogP contribution < -0.4 is 5.32 Å². The van der Waals surface area contributed by atoms with Crippen molar-refractivity contribution in [2.45, 2.75) is 32.2 Å². The lowest BCUT2D eigenvalue weighted by Crippen LogP contribution is -2.31. The molecular weight excluding hydrogens is 254 g/mol. The van der Waals surface area contributed by atoms with E-state index in [1.54, 1.807) is 6.20 Å². The van der Waals surface area contributed by atoms with Gasteiger partial charge in [0, 0.05) is 24.5 Å². The first-order chi connectivity index (χ1) is 9.65. The minimum Gasteiger partial charge on any atom is -0.344 e. The molecule has 0 aromatic carbocycles. The highest BCUT2D eigenvalue weighted by Crippen LogP contribution is 2.29. The molecule has 0 saturated heterocycles. The van der Waals surface area contributed by atoms with Crippen LogP contribution in [0, 0.1) is 6.92 Å². The number of aryl methyl sites for hydroxylation is 2. The van der Waals surface area contributed by atoms with Crippen molar-refractivity contribution < 1.29 is 4.79 Å². The lowest BCUT2D eigenvalue weighted by atomic mass is 9.93. The van der Waals surface area contributed by atoms with Gasteiger partial charge in [0.05, 0.1) is 24.1 Å². The molecule has 0 spiro atoms. The van der Waals surface area contributed by atoms with Crippen LogP contribution in [-0.4, -0.2) is 25.7 Å². The van der Waals surface area contributed by atoms with E-state index in [4.69, 9.17) is 0 Å². The quantitative estimate of drug-likeness (QED) is 0.894. The van der Waals surface area contributed by atoms with Crippen LogP contribution in [0.15, 0.2) is 18.6 Å². The topological polar surface area (TPSA) is 72.7 Å². The molecule has 1 amide bonds. The Morgan fingerprint density at radius 1 is 1.35 bits per heavy atom. The number of hydrogen-bond acceptors (Lipinski definition) is 4. The van der Waals surface area contributed by atoms with Gasteiger partial charge in [-0.1, -0.05) is 0 Å². The summed E-state index contributed by atoms with van der Waals surface area (Å²) >= 11 is 0. The first-order valence-electron chi connectivity index (χ1n) is 6.75. The third-order valence-corrected chi connectivity index (χ3v) is 3.69. The molecule has 0 radical (unpaired) electrons. The summed E-state index contributed by atoms with van der Waals surface area (Å²) in [6.07, 6.45) is 7.96. The van der Waals surface area contributed by atoms with Crippen molar-refractivity contribution in [1.82, 2.24) is 25.1 Å². The maximum atomic E-state index is 12.2. The van der Waals surface area contributed by atoms with E-state index in [0.717, 1.165) is 30.5 Å². The van der Waals surface area contributed by atoms with Crippen molar-refractivity contribution in [2.24, 2.45) is 7.05 Å². The van der Waals surface area contributed by atoms with Crippen LogP contribution in [0.3, 0.4) is 0 Å². The van der Waals surface area contributed by atoms with E-state index < -0.39 is 0 Å². The highest BCUT2D eigenvalue weighted by atomic mass is 16.1. The van der Waals surface area contributed by atoms with Crippen molar-refractivity contribution in [3.8, 4) is 0 Å². The summed E-state index contributed by atoms with van der Waals surface area (Å²) in [5, 5.41) is 7.31. The molecule has 1 aliphatic carbocycles. The zero-order valence-electron chi connectivity index (χ0n) is 11.6. The van der Waals surface area contributed by atoms with Gasteiger partial charge in [0.15, 0.2) is 0 Å². The van der Waals surface area contributed by atoms with Crippen LogP contribution >= 0.6 is 0 Å². The van der Waals surface area contributed by atoms with Gasteiger partial charge in [-0.3, -0.25) is 14.5 Å². The summed E-state index contributed by atoms with van der Waals surface area (Å²) in [6.45, 7) is 1.84. The maximum absolute atomic E-state index is 12.2. The Morgan fingerprint density at radius 3 is 2.95 bits per heavy atom. The summed E-state index contributed by atoms with van der Waals surface area (Å²) in [5.74, 6) is -0.181. The molecule has 1 N–H and O–H groups in total. The monoisotopic (exact) mass is 271 g/mol. The Labute approximate surface area is 117 Å². The van der Waals surface area contributed by atoms with E-state index >= 15 is 0 Å². The molecule has 0 aliphatic heterocycles. The van der Waals surface area contributed by atoms with Crippen LogP contribution in [-0.2, 0) is 13.5 Å². The third kappa shape index (κ3) is 2.29. The standard InChI is InChI=1S/C14H17N5O/c1-9-6-16-12(8-15-9)14(20)18-11-4-3-5-13-10(11)7-17-19(13)2/h6-8,11H,3-5H2,1-2H3,(H,18,20)/t11-/m0/s1. The fraction of sp³-hybridized carbons (Fsp3) is 0.429. The predicted octanol–water partition coefficient (Wildman–Crippen LogP) is 1.33. The molecule has 2 aromatic heterocycles. The Balaban J connectivity index is 1.78. The Morgan fingerprint density at radius 2 is 2.20 bits per heavy atom. The van der Waals surface area contributed by atoms with Crippen LogP contribution in [0.2, 0.25) is 0 Å². The number of carbonyl (C=O) groups excluding carboxylic acids is 1. The number of nitrogens with zero attached hydrogens (tertiary/aromatic N) is 4. The van der Waals surface area contributed by atoms with E-state index in [0.29, 0.717) is 5.69 Å². The Bertz CT molecular complexity index is 632. The summed E-state index contributed by atoms with van der Waals surface area (Å²) < 4.78 is 1.89. The SMILES string of the molecule is Cc1cnc(C(=O)N[C@H]2CCCc3c2cnn3C)cn1. The highest BCUT2D eigenvalue weighted by Gasteiger charge is 2.25. The van der Waals surface area contributed by atoms with Crippen LogP contribution in [0.5, 0.6) is 0 Å². The normalized spacial score (nSPS) is 17.6. The number of amides is 1. The van der Waals surface area contributed by atoms with Crippen LogP contribution in [0.4, 0.5) is 0 Å². The molecule has 6 nitrogen and oxygen atoms in total. The van der Waals surface area contributed by atoms with Gasteiger partial charge in [-0.25, -0.2) is 4.98 Å². The molecule has 2 heterocycles. The summed E-state index contributed by atoms with van der Waals surface area (Å²) in [4.78, 5) is 20.4. The van der Waals surface area contributed by atoms with Crippen LogP contribution in [0.1, 0.15) is 46.3 Å². The molecular formula is C14H17N5O. The number of carbonyl (C=O) groups is 1. The third-order valence-electron chi connectivity index (χ3n) is 3.69. The maximum Gasteiger partial charge on any atom is 0.271 e. The molecule has 20 heavy (non-hydrogen) atoms. The molecule has 2 aromatic rings. The second-order valence-corrected chi connectivity index (χ2v) is 5.13. The van der Waals surface area contributed by atoms with Gasteiger partial charge in [0.2, 0.25) is 0 Å². The van der Waals surface area contributed by atoms with Crippen LogP contribution in [0.25, 0.3) is 0 Å². The van der Waals surface area contributed by atoms with Crippen molar-refractivity contribution in [3.05, 3.63) is 41.2 Å². The number of rotatable bonds is 2. The summed E-state index contributed by atoms with van der Waals surface area (Å²) in [7, 11) is 1.94. The van der Waals surface area contributed by atoms with Crippen molar-refractivity contribution in [2.75, 3.05) is 0 Å². The smallest absolute Gasteiger partial charge is 0.271 e. The average Bonchev–Trinajstić information content (AvgIpc) is 2.82. The first kappa shape index (κ1) is 12.8. The van der Waals surface area contributed by atoms with Gasteiger partial charge in [0.25, 0.3) is 5.91 Å². The molecule has 0 saturated carbocycles. The largest absolute Gasteiger partial charge is 0.344 e. The van der Waals surface area contributed by atoms with Gasteiger partial charge in [-0.05, 0) is 26.2 Å².